The van der Waals surface area contributed by atoms with Crippen LogP contribution >= 0.6 is 15.9 Å². The van der Waals surface area contributed by atoms with Gasteiger partial charge in [-0.05, 0) is 22.9 Å². The lowest BCUT2D eigenvalue weighted by molar-refractivity contribution is -0.150. The Kier molecular flexibility index (Phi) is 2.37. The van der Waals surface area contributed by atoms with Crippen LogP contribution < -0.4 is 5.73 Å². The summed E-state index contributed by atoms with van der Waals surface area (Å²) >= 11 is 1.86. The molecule has 60 valence electrons. The zero-order valence-corrected chi connectivity index (χ0v) is 6.65. The average Bonchev–Trinajstić information content (AvgIpc) is 1.62. The molecule has 0 spiro atoms. The van der Waals surface area contributed by atoms with Crippen LogP contribution in [0.1, 0.15) is 6.92 Å². The first-order chi connectivity index (χ1) is 4.19. The number of alkyl halides is 3. The average molecular weight is 218 g/mol. The van der Waals surface area contributed by atoms with E-state index in [2.05, 4.69) is 0 Å². The highest BCUT2D eigenvalue weighted by molar-refractivity contribution is 9.10. The number of carboxylic acids is 1. The van der Waals surface area contributed by atoms with Crippen molar-refractivity contribution in [2.45, 2.75) is 17.3 Å². The molecular weight excluding hydrogens is 212 g/mol. The number of hydrogen-bond donors (Lipinski definition) is 2. The molecule has 3 nitrogen and oxygen atoms in total. The summed E-state index contributed by atoms with van der Waals surface area (Å²) in [4.78, 5) is 6.44. The predicted molar refractivity (Wildman–Crippen MR) is 34.1 cm³/mol. The van der Waals surface area contributed by atoms with Gasteiger partial charge in [-0.3, -0.25) is 0 Å². The number of halogens is 3. The number of rotatable bonds is 2. The third kappa shape index (κ3) is 1.63. The lowest BCUT2D eigenvalue weighted by Crippen LogP contribution is -2.56. The first kappa shape index (κ1) is 9.77. The van der Waals surface area contributed by atoms with Crippen molar-refractivity contribution < 1.29 is 18.7 Å². The summed E-state index contributed by atoms with van der Waals surface area (Å²) in [7, 11) is 0. The van der Waals surface area contributed by atoms with Crippen molar-refractivity contribution in [1.82, 2.24) is 0 Å². The van der Waals surface area contributed by atoms with Crippen molar-refractivity contribution in [3.8, 4) is 0 Å². The lowest BCUT2D eigenvalue weighted by Gasteiger charge is -2.24. The van der Waals surface area contributed by atoms with Crippen LogP contribution in [0.25, 0.3) is 0 Å². The summed E-state index contributed by atoms with van der Waals surface area (Å²) in [5.74, 6) is -1.76. The molecule has 0 saturated heterocycles. The monoisotopic (exact) mass is 217 g/mol. The molecule has 1 atom stereocenters. The van der Waals surface area contributed by atoms with E-state index >= 15 is 0 Å². The van der Waals surface area contributed by atoms with Crippen LogP contribution in [-0.4, -0.2) is 21.4 Å². The summed E-state index contributed by atoms with van der Waals surface area (Å²) in [5, 5.41) is 8.14. The van der Waals surface area contributed by atoms with Crippen molar-refractivity contribution in [3.05, 3.63) is 0 Å². The first-order valence-electron chi connectivity index (χ1n) is 2.28. The molecule has 6 heteroatoms. The van der Waals surface area contributed by atoms with Crippen LogP contribution in [0.2, 0.25) is 0 Å². The molecule has 3 N–H and O–H groups in total. The Hall–Kier alpha value is -0.230. The van der Waals surface area contributed by atoms with E-state index in [0.29, 0.717) is 0 Å². The number of nitrogens with two attached hydrogens (primary N) is 1. The molecule has 0 aromatic carbocycles. The Morgan fingerprint density at radius 3 is 2.00 bits per heavy atom. The lowest BCUT2D eigenvalue weighted by atomic mass is 10.1. The molecular formula is C4H6BrF2NO2. The van der Waals surface area contributed by atoms with Gasteiger partial charge in [0.1, 0.15) is 0 Å². The maximum absolute atomic E-state index is 12.2. The number of aliphatic carboxylic acids is 1. The predicted octanol–water partition coefficient (Wildman–Crippen LogP) is 0.776. The highest BCUT2D eigenvalue weighted by atomic mass is 79.9. The van der Waals surface area contributed by atoms with Crippen LogP contribution in [0.4, 0.5) is 8.78 Å². The highest BCUT2D eigenvalue weighted by Gasteiger charge is 2.51. The molecule has 0 aromatic heterocycles. The van der Waals surface area contributed by atoms with Gasteiger partial charge in [0, 0.05) is 0 Å². The molecule has 0 aliphatic heterocycles. The van der Waals surface area contributed by atoms with Gasteiger partial charge >= 0.3 is 10.8 Å². The molecule has 0 heterocycles. The van der Waals surface area contributed by atoms with Crippen molar-refractivity contribution >= 4 is 21.9 Å². The van der Waals surface area contributed by atoms with Gasteiger partial charge in [0.25, 0.3) is 0 Å². The van der Waals surface area contributed by atoms with Gasteiger partial charge in [-0.25, -0.2) is 4.79 Å². The fourth-order valence-corrected chi connectivity index (χ4v) is 0.291. The van der Waals surface area contributed by atoms with Crippen molar-refractivity contribution in [2.24, 2.45) is 5.73 Å². The molecule has 0 radical (unpaired) electrons. The minimum Gasteiger partial charge on any atom is -0.480 e. The second-order valence-electron chi connectivity index (χ2n) is 2.01. The summed E-state index contributed by atoms with van der Waals surface area (Å²) in [6.07, 6.45) is 0. The molecule has 0 aliphatic rings. The number of carboxylic acid groups (broad SMARTS) is 1. The zero-order chi connectivity index (χ0) is 8.58. The van der Waals surface area contributed by atoms with Gasteiger partial charge in [-0.2, -0.15) is 8.78 Å². The van der Waals surface area contributed by atoms with Gasteiger partial charge in [0.15, 0.2) is 5.54 Å². The smallest absolute Gasteiger partial charge is 0.330 e. The summed E-state index contributed by atoms with van der Waals surface area (Å²) < 4.78 is 24.3. The molecule has 0 rings (SSSR count). The van der Waals surface area contributed by atoms with Crippen molar-refractivity contribution in [3.63, 3.8) is 0 Å². The maximum Gasteiger partial charge on any atom is 0.330 e. The van der Waals surface area contributed by atoms with E-state index in [1.54, 1.807) is 0 Å². The topological polar surface area (TPSA) is 63.3 Å². The van der Waals surface area contributed by atoms with E-state index in [9.17, 15) is 13.6 Å². The number of hydrogen-bond acceptors (Lipinski definition) is 2. The second kappa shape index (κ2) is 2.43. The SMILES string of the molecule is CC(N)(C(=O)O)C(F)(F)Br. The normalized spacial score (nSPS) is 18.1. The Bertz CT molecular complexity index is 154. The first-order valence-corrected chi connectivity index (χ1v) is 3.08. The quantitative estimate of drug-likeness (QED) is 0.673. The molecule has 0 fully saturated rings. The standard InChI is InChI=1S/C4H6BrF2NO2/c1-3(8,2(9)10)4(5,6)7/h8H2,1H3,(H,9,10). The fraction of sp³-hybridized carbons (Fsp3) is 0.750. The summed E-state index contributed by atoms with van der Waals surface area (Å²) in [6, 6.07) is 0. The molecule has 0 amide bonds. The summed E-state index contributed by atoms with van der Waals surface area (Å²) in [5.41, 5.74) is 2.18. The third-order valence-electron chi connectivity index (χ3n) is 1.03. The number of carbonyl (C=O) groups is 1. The van der Waals surface area contributed by atoms with Crippen LogP contribution in [-0.2, 0) is 4.79 Å². The largest absolute Gasteiger partial charge is 0.480 e. The highest BCUT2D eigenvalue weighted by Crippen LogP contribution is 2.32. The van der Waals surface area contributed by atoms with E-state index < -0.39 is 16.3 Å². The van der Waals surface area contributed by atoms with Crippen LogP contribution in [0, 0.1) is 0 Å². The van der Waals surface area contributed by atoms with Gasteiger partial charge in [-0.1, -0.05) is 0 Å². The zero-order valence-electron chi connectivity index (χ0n) is 5.07. The molecule has 0 aliphatic carbocycles. The Morgan fingerprint density at radius 2 is 2.00 bits per heavy atom. The van der Waals surface area contributed by atoms with Gasteiger partial charge in [0.2, 0.25) is 0 Å². The Morgan fingerprint density at radius 1 is 1.70 bits per heavy atom. The van der Waals surface area contributed by atoms with E-state index in [4.69, 9.17) is 10.8 Å². The van der Waals surface area contributed by atoms with E-state index in [1.165, 1.54) is 0 Å². The van der Waals surface area contributed by atoms with Gasteiger partial charge in [0.05, 0.1) is 0 Å². The van der Waals surface area contributed by atoms with Gasteiger partial charge in [-0.15, -0.1) is 0 Å². The fourth-order valence-electron chi connectivity index (χ4n) is 0.121. The molecule has 0 bridgehead atoms. The summed E-state index contributed by atoms with van der Waals surface area (Å²) in [6.45, 7) is 0.726. The molecule has 1 unspecified atom stereocenters. The van der Waals surface area contributed by atoms with Crippen LogP contribution in [0.5, 0.6) is 0 Å². The van der Waals surface area contributed by atoms with Crippen molar-refractivity contribution in [1.29, 1.82) is 0 Å². The second-order valence-corrected chi connectivity index (χ2v) is 3.00. The maximum atomic E-state index is 12.2. The minimum absolute atomic E-state index is 0.726. The van der Waals surface area contributed by atoms with Crippen LogP contribution in [0.15, 0.2) is 0 Å². The minimum atomic E-state index is -3.59. The van der Waals surface area contributed by atoms with E-state index in [1.807, 2.05) is 15.9 Å². The molecule has 10 heavy (non-hydrogen) atoms. The Labute approximate surface area is 64.3 Å². The third-order valence-corrected chi connectivity index (χ3v) is 1.86. The molecule has 0 aromatic rings. The van der Waals surface area contributed by atoms with E-state index in [-0.39, 0.29) is 0 Å². The van der Waals surface area contributed by atoms with E-state index in [0.717, 1.165) is 6.92 Å². The Balaban J connectivity index is 4.57. The van der Waals surface area contributed by atoms with Gasteiger partial charge < -0.3 is 10.8 Å². The van der Waals surface area contributed by atoms with Crippen LogP contribution in [0.3, 0.4) is 0 Å². The molecule has 0 saturated carbocycles. The van der Waals surface area contributed by atoms with Crippen molar-refractivity contribution in [2.75, 3.05) is 0 Å².